The number of halogens is 5. The highest BCUT2D eigenvalue weighted by molar-refractivity contribution is 5.87. The number of ether oxygens (including phenoxy) is 1. The number of hydrogen-bond donors (Lipinski definition) is 1. The lowest BCUT2D eigenvalue weighted by molar-refractivity contribution is -0.313. The molecule has 26 heavy (non-hydrogen) atoms. The Morgan fingerprint density at radius 1 is 1.08 bits per heavy atom. The van der Waals surface area contributed by atoms with Gasteiger partial charge in [-0.2, -0.15) is 22.0 Å². The Bertz CT molecular complexity index is 563. The molecule has 0 spiro atoms. The molecule has 0 radical (unpaired) electrons. The van der Waals surface area contributed by atoms with Crippen LogP contribution in [0.25, 0.3) is 0 Å². The van der Waals surface area contributed by atoms with E-state index in [9.17, 15) is 31.9 Å². The molecule has 4 saturated carbocycles. The summed E-state index contributed by atoms with van der Waals surface area (Å²) in [7, 11) is 0. The van der Waals surface area contributed by atoms with Gasteiger partial charge in [0, 0.05) is 11.0 Å². The molecular formula is C18H23F5O3. The van der Waals surface area contributed by atoms with Gasteiger partial charge in [0.25, 0.3) is 0 Å². The predicted molar refractivity (Wildman–Crippen MR) is 82.3 cm³/mol. The van der Waals surface area contributed by atoms with Crippen LogP contribution >= 0.6 is 0 Å². The van der Waals surface area contributed by atoms with E-state index < -0.39 is 35.7 Å². The lowest BCUT2D eigenvalue weighted by Crippen LogP contribution is -2.63. The highest BCUT2D eigenvalue weighted by Crippen LogP contribution is 2.64. The van der Waals surface area contributed by atoms with Crippen molar-refractivity contribution in [3.63, 3.8) is 0 Å². The van der Waals surface area contributed by atoms with Gasteiger partial charge < -0.3 is 9.84 Å². The molecule has 0 aliphatic heterocycles. The third-order valence-electron chi connectivity index (χ3n) is 6.24. The minimum Gasteiger partial charge on any atom is -0.452 e. The average Bonchev–Trinajstić information content (AvgIpc) is 2.48. The molecule has 4 rings (SSSR count). The largest absolute Gasteiger partial charge is 0.452 e. The van der Waals surface area contributed by atoms with Gasteiger partial charge in [-0.05, 0) is 63.2 Å². The summed E-state index contributed by atoms with van der Waals surface area (Å²) in [6.07, 6.45) is -8.17. The van der Waals surface area contributed by atoms with Gasteiger partial charge in [0.15, 0.2) is 6.10 Å². The van der Waals surface area contributed by atoms with Crippen LogP contribution in [0.4, 0.5) is 22.0 Å². The van der Waals surface area contributed by atoms with E-state index in [1.54, 1.807) is 0 Å². The fourth-order valence-electron chi connectivity index (χ4n) is 5.68. The van der Waals surface area contributed by atoms with Gasteiger partial charge in [0.1, 0.15) is 0 Å². The minimum atomic E-state index is -5.51. The number of aliphatic hydroxyl groups excluding tert-OH is 1. The Morgan fingerprint density at radius 3 is 1.85 bits per heavy atom. The molecule has 0 aromatic heterocycles. The number of carbonyl (C=O) groups excluding carboxylic acids is 1. The van der Waals surface area contributed by atoms with E-state index in [1.165, 1.54) is 6.92 Å². The van der Waals surface area contributed by atoms with Crippen molar-refractivity contribution in [2.45, 2.75) is 69.8 Å². The topological polar surface area (TPSA) is 46.5 Å². The van der Waals surface area contributed by atoms with Crippen LogP contribution in [0.15, 0.2) is 12.2 Å². The van der Waals surface area contributed by atoms with Gasteiger partial charge in [0.2, 0.25) is 6.10 Å². The van der Waals surface area contributed by atoms with Crippen molar-refractivity contribution in [1.82, 2.24) is 0 Å². The molecule has 3 nitrogen and oxygen atoms in total. The average molecular weight is 382 g/mol. The molecular weight excluding hydrogens is 359 g/mol. The van der Waals surface area contributed by atoms with E-state index in [2.05, 4.69) is 6.58 Å². The normalized spacial score (nSPS) is 35.9. The van der Waals surface area contributed by atoms with E-state index in [-0.39, 0.29) is 23.3 Å². The van der Waals surface area contributed by atoms with Crippen molar-refractivity contribution in [3.8, 4) is 0 Å². The second kappa shape index (κ2) is 6.17. The minimum absolute atomic E-state index is 0.158. The summed E-state index contributed by atoms with van der Waals surface area (Å²) < 4.78 is 73.3. The maximum Gasteiger partial charge on any atom is 0.420 e. The summed E-state index contributed by atoms with van der Waals surface area (Å²) in [4.78, 5) is 11.9. The zero-order chi connectivity index (χ0) is 19.5. The van der Waals surface area contributed by atoms with Crippen LogP contribution in [0.3, 0.4) is 0 Å². The first-order valence-electron chi connectivity index (χ1n) is 8.84. The molecule has 4 aliphatic rings. The maximum atomic E-state index is 14.8. The van der Waals surface area contributed by atoms with Crippen LogP contribution < -0.4 is 0 Å². The summed E-state index contributed by atoms with van der Waals surface area (Å²) in [5.74, 6) is -5.31. The third-order valence-corrected chi connectivity index (χ3v) is 6.24. The van der Waals surface area contributed by atoms with Crippen LogP contribution in [0.2, 0.25) is 0 Å². The highest BCUT2D eigenvalue weighted by atomic mass is 19.4. The number of carbonyl (C=O) groups is 1. The van der Waals surface area contributed by atoms with Crippen molar-refractivity contribution in [2.75, 3.05) is 0 Å². The molecule has 8 heteroatoms. The van der Waals surface area contributed by atoms with Crippen molar-refractivity contribution in [2.24, 2.45) is 23.2 Å². The molecule has 2 unspecified atom stereocenters. The van der Waals surface area contributed by atoms with Gasteiger partial charge in [-0.1, -0.05) is 6.58 Å². The van der Waals surface area contributed by atoms with E-state index >= 15 is 0 Å². The zero-order valence-electron chi connectivity index (χ0n) is 14.5. The molecule has 148 valence electrons. The molecule has 0 saturated heterocycles. The maximum absolute atomic E-state index is 14.8. The molecule has 0 aromatic carbocycles. The molecule has 4 aliphatic carbocycles. The van der Waals surface area contributed by atoms with Crippen molar-refractivity contribution < 1.29 is 36.6 Å². The summed E-state index contributed by atoms with van der Waals surface area (Å²) >= 11 is 0. The Kier molecular flexibility index (Phi) is 4.65. The standard InChI is InChI=1S/C18H23F5O3/c1-9(2)13(24)26-15(17(19,20)14(25)18(21,22)23)16-6-10-3-11(7-16)5-12(4-10)8-16/h10-12,14-15,25H,1,3-8H2,2H3. The summed E-state index contributed by atoms with van der Waals surface area (Å²) in [6.45, 7) is 4.57. The number of alkyl halides is 5. The first kappa shape index (κ1) is 19.6. The number of rotatable bonds is 5. The molecule has 0 aromatic rings. The Labute approximate surface area is 148 Å². The van der Waals surface area contributed by atoms with Gasteiger partial charge in [-0.15, -0.1) is 0 Å². The van der Waals surface area contributed by atoms with Gasteiger partial charge in [0.05, 0.1) is 0 Å². The lowest BCUT2D eigenvalue weighted by atomic mass is 9.47. The van der Waals surface area contributed by atoms with Crippen molar-refractivity contribution >= 4 is 5.97 Å². The van der Waals surface area contributed by atoms with E-state index in [4.69, 9.17) is 4.74 Å². The van der Waals surface area contributed by atoms with Crippen LogP contribution in [-0.2, 0) is 9.53 Å². The van der Waals surface area contributed by atoms with Crippen molar-refractivity contribution in [3.05, 3.63) is 12.2 Å². The summed E-state index contributed by atoms with van der Waals surface area (Å²) in [6, 6.07) is 0. The molecule has 1 N–H and O–H groups in total. The summed E-state index contributed by atoms with van der Waals surface area (Å²) in [5.41, 5.74) is -1.40. The highest BCUT2D eigenvalue weighted by Gasteiger charge is 2.68. The smallest absolute Gasteiger partial charge is 0.420 e. The van der Waals surface area contributed by atoms with E-state index in [0.29, 0.717) is 19.3 Å². The number of aliphatic hydroxyl groups is 1. The molecule has 0 heterocycles. The van der Waals surface area contributed by atoms with Crippen LogP contribution in [0.1, 0.15) is 45.4 Å². The number of esters is 1. The Morgan fingerprint density at radius 2 is 1.50 bits per heavy atom. The second-order valence-corrected chi connectivity index (χ2v) is 8.46. The first-order valence-corrected chi connectivity index (χ1v) is 8.84. The Balaban J connectivity index is 1.98. The van der Waals surface area contributed by atoms with E-state index in [0.717, 1.165) is 19.3 Å². The quantitative estimate of drug-likeness (QED) is 0.439. The monoisotopic (exact) mass is 382 g/mol. The molecule has 4 fully saturated rings. The molecule has 4 bridgehead atoms. The van der Waals surface area contributed by atoms with Crippen LogP contribution in [0, 0.1) is 23.2 Å². The van der Waals surface area contributed by atoms with Gasteiger partial charge in [-0.25, -0.2) is 4.79 Å². The van der Waals surface area contributed by atoms with Crippen LogP contribution in [-0.4, -0.2) is 35.4 Å². The fraction of sp³-hybridized carbons (Fsp3) is 0.833. The van der Waals surface area contributed by atoms with Gasteiger partial charge >= 0.3 is 18.1 Å². The number of hydrogen-bond acceptors (Lipinski definition) is 3. The third kappa shape index (κ3) is 3.25. The predicted octanol–water partition coefficient (Wildman–Crippen LogP) is 4.25. The summed E-state index contributed by atoms with van der Waals surface area (Å²) in [5, 5.41) is 9.35. The zero-order valence-corrected chi connectivity index (χ0v) is 14.5. The van der Waals surface area contributed by atoms with E-state index in [1.807, 2.05) is 0 Å². The van der Waals surface area contributed by atoms with Crippen molar-refractivity contribution in [1.29, 1.82) is 0 Å². The molecule has 2 atom stereocenters. The Hall–Kier alpha value is -1.18. The fourth-order valence-corrected chi connectivity index (χ4v) is 5.68. The van der Waals surface area contributed by atoms with Crippen LogP contribution in [0.5, 0.6) is 0 Å². The molecule has 0 amide bonds. The second-order valence-electron chi connectivity index (χ2n) is 8.46. The SMILES string of the molecule is C=C(C)C(=O)OC(C12CC3CC(CC(C3)C1)C2)C(F)(F)C(O)C(F)(F)F. The lowest BCUT2D eigenvalue weighted by Gasteiger charge is -2.59. The van der Waals surface area contributed by atoms with Gasteiger partial charge in [-0.3, -0.25) is 0 Å². The first-order chi connectivity index (χ1) is 11.8.